The van der Waals surface area contributed by atoms with Crippen LogP contribution < -0.4 is 0 Å². The van der Waals surface area contributed by atoms with Crippen LogP contribution in [0.5, 0.6) is 0 Å². The van der Waals surface area contributed by atoms with Gasteiger partial charge in [0.25, 0.3) is 0 Å². The molecule has 2 unspecified atom stereocenters. The van der Waals surface area contributed by atoms with Gasteiger partial charge in [0, 0.05) is 22.6 Å². The van der Waals surface area contributed by atoms with Crippen molar-refractivity contribution in [2.75, 3.05) is 0 Å². The van der Waals surface area contributed by atoms with Crippen LogP contribution in [0.2, 0.25) is 0 Å². The minimum Gasteiger partial charge on any atom is -0.295 e. The Bertz CT molecular complexity index is 782. The molecule has 2 atom stereocenters. The molecule has 0 spiro atoms. The Labute approximate surface area is 141 Å². The molecule has 0 amide bonds. The largest absolute Gasteiger partial charge is 0.295 e. The first kappa shape index (κ1) is 15.0. The van der Waals surface area contributed by atoms with Crippen LogP contribution in [0, 0.1) is 0 Å². The van der Waals surface area contributed by atoms with E-state index in [2.05, 4.69) is 52.8 Å². The second-order valence-electron chi connectivity index (χ2n) is 6.50. The fourth-order valence-electron chi connectivity index (χ4n) is 3.85. The molecule has 118 valence electrons. The van der Waals surface area contributed by atoms with Crippen molar-refractivity contribution in [3.63, 3.8) is 0 Å². The van der Waals surface area contributed by atoms with E-state index in [0.29, 0.717) is 6.04 Å². The molecule has 2 bridgehead atoms. The van der Waals surface area contributed by atoms with Crippen molar-refractivity contribution in [2.24, 2.45) is 0 Å². The first-order chi connectivity index (χ1) is 11.2. The fourth-order valence-corrected chi connectivity index (χ4v) is 5.11. The molecule has 1 saturated heterocycles. The lowest BCUT2D eigenvalue weighted by Crippen LogP contribution is -2.31. The van der Waals surface area contributed by atoms with Gasteiger partial charge in [0.1, 0.15) is 0 Å². The zero-order chi connectivity index (χ0) is 15.8. The molecular weight excluding hydrogens is 302 g/mol. The molecule has 2 aromatic carbocycles. The third-order valence-electron chi connectivity index (χ3n) is 5.00. The number of ketones is 1. The summed E-state index contributed by atoms with van der Waals surface area (Å²) in [7, 11) is 0. The Hall–Kier alpha value is -1.58. The van der Waals surface area contributed by atoms with Crippen LogP contribution in [0.1, 0.15) is 32.6 Å². The minimum absolute atomic E-state index is 0.238. The number of benzene rings is 2. The molecule has 2 aromatic rings. The van der Waals surface area contributed by atoms with Crippen molar-refractivity contribution in [2.45, 2.75) is 49.6 Å². The molecule has 23 heavy (non-hydrogen) atoms. The van der Waals surface area contributed by atoms with Crippen molar-refractivity contribution >= 4 is 28.5 Å². The van der Waals surface area contributed by atoms with E-state index in [0.717, 1.165) is 24.8 Å². The van der Waals surface area contributed by atoms with Crippen LogP contribution in [0.3, 0.4) is 0 Å². The molecule has 3 heteroatoms. The van der Waals surface area contributed by atoms with Gasteiger partial charge in [-0.3, -0.25) is 4.79 Å². The molecule has 2 aliphatic rings. The number of allylic oxidation sites excluding steroid dienone is 1. The second-order valence-corrected chi connectivity index (χ2v) is 7.58. The van der Waals surface area contributed by atoms with Gasteiger partial charge in [-0.2, -0.15) is 0 Å². The summed E-state index contributed by atoms with van der Waals surface area (Å²) >= 11 is 1.83. The summed E-state index contributed by atoms with van der Waals surface area (Å²) in [5.74, 6) is 0.238. The van der Waals surface area contributed by atoms with Gasteiger partial charge < -0.3 is 0 Å². The molecule has 2 heterocycles. The van der Waals surface area contributed by atoms with Crippen LogP contribution in [0.15, 0.2) is 59.0 Å². The van der Waals surface area contributed by atoms with E-state index in [1.807, 2.05) is 11.9 Å². The number of carbonyl (C=O) groups excluding carboxylic acids is 1. The van der Waals surface area contributed by atoms with Crippen LogP contribution in [0.4, 0.5) is 0 Å². The maximum Gasteiger partial charge on any atom is 0.157 e. The van der Waals surface area contributed by atoms with Gasteiger partial charge in [0.05, 0.1) is 0 Å². The molecule has 0 aromatic heterocycles. The van der Waals surface area contributed by atoms with E-state index < -0.39 is 0 Å². The number of Topliss-reactive ketones (excluding diaryl/α,β-unsaturated/α-hetero) is 1. The lowest BCUT2D eigenvalue weighted by Gasteiger charge is -2.27. The number of rotatable bonds is 3. The highest BCUT2D eigenvalue weighted by molar-refractivity contribution is 7.97. The first-order valence-corrected chi connectivity index (χ1v) is 9.16. The van der Waals surface area contributed by atoms with E-state index >= 15 is 0 Å². The Morgan fingerprint density at radius 2 is 1.91 bits per heavy atom. The Kier molecular flexibility index (Phi) is 4.00. The van der Waals surface area contributed by atoms with Crippen LogP contribution in [0.25, 0.3) is 10.8 Å². The number of nitrogens with zero attached hydrogens (tertiary/aromatic N) is 1. The van der Waals surface area contributed by atoms with Gasteiger partial charge in [-0.25, -0.2) is 4.31 Å². The van der Waals surface area contributed by atoms with Gasteiger partial charge in [0.15, 0.2) is 5.78 Å². The second kappa shape index (κ2) is 6.14. The van der Waals surface area contributed by atoms with Gasteiger partial charge in [-0.05, 0) is 67.5 Å². The smallest absolute Gasteiger partial charge is 0.157 e. The lowest BCUT2D eigenvalue weighted by atomic mass is 9.98. The summed E-state index contributed by atoms with van der Waals surface area (Å²) in [4.78, 5) is 13.3. The van der Waals surface area contributed by atoms with E-state index in [-0.39, 0.29) is 11.8 Å². The summed E-state index contributed by atoms with van der Waals surface area (Å²) in [6.45, 7) is 1.71. The van der Waals surface area contributed by atoms with Crippen LogP contribution in [-0.4, -0.2) is 22.2 Å². The topological polar surface area (TPSA) is 20.3 Å². The average Bonchev–Trinajstić information content (AvgIpc) is 2.82. The number of hydrogen-bond acceptors (Lipinski definition) is 3. The van der Waals surface area contributed by atoms with Gasteiger partial charge >= 0.3 is 0 Å². The van der Waals surface area contributed by atoms with Gasteiger partial charge in [-0.15, -0.1) is 0 Å². The molecule has 2 aliphatic heterocycles. The Morgan fingerprint density at radius 1 is 1.09 bits per heavy atom. The highest BCUT2D eigenvalue weighted by Gasteiger charge is 2.38. The zero-order valence-corrected chi connectivity index (χ0v) is 14.2. The summed E-state index contributed by atoms with van der Waals surface area (Å²) in [5, 5.41) is 2.56. The molecule has 0 N–H and O–H groups in total. The minimum atomic E-state index is 0.238. The molecule has 2 nitrogen and oxygen atoms in total. The van der Waals surface area contributed by atoms with Crippen LogP contribution in [-0.2, 0) is 4.79 Å². The van der Waals surface area contributed by atoms with E-state index in [4.69, 9.17) is 0 Å². The lowest BCUT2D eigenvalue weighted by molar-refractivity contribution is -0.114. The Morgan fingerprint density at radius 3 is 2.74 bits per heavy atom. The van der Waals surface area contributed by atoms with Crippen molar-refractivity contribution in [1.82, 2.24) is 4.31 Å². The average molecular weight is 323 g/mol. The summed E-state index contributed by atoms with van der Waals surface area (Å²) in [6.07, 6.45) is 6.69. The number of fused-ring (bicyclic) bond motifs is 3. The highest BCUT2D eigenvalue weighted by Crippen LogP contribution is 2.42. The standard InChI is InChI=1S/C20H21NOS/c1-14(22)19-8-4-7-17-10-12-20(19)21(17)23-18-11-9-15-5-2-3-6-16(15)13-18/h2-3,5-6,8-9,11,13,17,20H,4,7,10,12H2,1H3. The van der Waals surface area contributed by atoms with Crippen molar-refractivity contribution in [1.29, 1.82) is 0 Å². The quantitative estimate of drug-likeness (QED) is 0.742. The maximum absolute atomic E-state index is 12.0. The molecule has 4 rings (SSSR count). The van der Waals surface area contributed by atoms with E-state index in [1.165, 1.54) is 22.1 Å². The normalized spacial score (nSPS) is 24.5. The molecule has 0 radical (unpaired) electrons. The molecule has 0 saturated carbocycles. The van der Waals surface area contributed by atoms with Gasteiger partial charge in [-0.1, -0.05) is 36.4 Å². The van der Waals surface area contributed by atoms with Crippen molar-refractivity contribution in [3.8, 4) is 0 Å². The first-order valence-electron chi connectivity index (χ1n) is 8.38. The zero-order valence-electron chi connectivity index (χ0n) is 13.4. The van der Waals surface area contributed by atoms with Crippen LogP contribution >= 0.6 is 11.9 Å². The van der Waals surface area contributed by atoms with Crippen molar-refractivity contribution < 1.29 is 4.79 Å². The third-order valence-corrected chi connectivity index (χ3v) is 6.23. The van der Waals surface area contributed by atoms with Crippen molar-refractivity contribution in [3.05, 3.63) is 54.1 Å². The van der Waals surface area contributed by atoms with E-state index in [9.17, 15) is 4.79 Å². The van der Waals surface area contributed by atoms with Gasteiger partial charge in [0.2, 0.25) is 0 Å². The molecule has 1 fully saturated rings. The Balaban J connectivity index is 1.64. The maximum atomic E-state index is 12.0. The summed E-state index contributed by atoms with van der Waals surface area (Å²) in [5.41, 5.74) is 1.03. The predicted molar refractivity (Wildman–Crippen MR) is 96.5 cm³/mol. The number of hydrogen-bond donors (Lipinski definition) is 0. The third kappa shape index (κ3) is 2.84. The number of carbonyl (C=O) groups is 1. The molecule has 0 aliphatic carbocycles. The van der Waals surface area contributed by atoms with E-state index in [1.54, 1.807) is 6.92 Å². The summed E-state index contributed by atoms with van der Waals surface area (Å²) < 4.78 is 2.49. The molecular formula is C20H21NOS. The monoisotopic (exact) mass is 323 g/mol. The fraction of sp³-hybridized carbons (Fsp3) is 0.350. The SMILES string of the molecule is CC(=O)C1=CCCC2CCC1N2Sc1ccc2ccccc2c1. The summed E-state index contributed by atoms with van der Waals surface area (Å²) in [6, 6.07) is 16.0. The highest BCUT2D eigenvalue weighted by atomic mass is 32.2. The predicted octanol–water partition coefficient (Wildman–Crippen LogP) is 4.99.